The number of fused-ring (bicyclic) bond motifs is 1. The first-order valence-corrected chi connectivity index (χ1v) is 7.33. The third-order valence-electron chi connectivity index (χ3n) is 4.12. The molecule has 0 aliphatic heterocycles. The van der Waals surface area contributed by atoms with Crippen LogP contribution in [-0.2, 0) is 6.42 Å². The number of anilines is 1. The second-order valence-corrected chi connectivity index (χ2v) is 5.45. The molecule has 1 unspecified atom stereocenters. The van der Waals surface area contributed by atoms with Crippen molar-refractivity contribution in [1.82, 2.24) is 9.55 Å². The fourth-order valence-corrected chi connectivity index (χ4v) is 3.08. The molecule has 21 heavy (non-hydrogen) atoms. The van der Waals surface area contributed by atoms with E-state index in [9.17, 15) is 0 Å². The molecule has 3 heteroatoms. The van der Waals surface area contributed by atoms with Crippen LogP contribution < -0.4 is 5.32 Å². The molecule has 0 spiro atoms. The third-order valence-corrected chi connectivity index (χ3v) is 4.12. The Bertz CT molecular complexity index is 747. The van der Waals surface area contributed by atoms with Gasteiger partial charge in [0, 0.05) is 23.8 Å². The Morgan fingerprint density at radius 2 is 2.05 bits per heavy atom. The number of imidazole rings is 1. The van der Waals surface area contributed by atoms with Crippen LogP contribution in [0.15, 0.2) is 67.3 Å². The summed E-state index contributed by atoms with van der Waals surface area (Å²) >= 11 is 0. The smallest absolute Gasteiger partial charge is 0.0991 e. The minimum absolute atomic E-state index is 0.416. The number of aryl methyl sites for hydroxylation is 1. The number of aromatic nitrogens is 2. The lowest BCUT2D eigenvalue weighted by Gasteiger charge is -2.16. The van der Waals surface area contributed by atoms with Crippen molar-refractivity contribution in [3.8, 4) is 5.69 Å². The summed E-state index contributed by atoms with van der Waals surface area (Å²) in [6.07, 6.45) is 7.91. The molecule has 104 valence electrons. The molecule has 1 aliphatic rings. The summed E-state index contributed by atoms with van der Waals surface area (Å²) in [6.45, 7) is 0. The van der Waals surface area contributed by atoms with Gasteiger partial charge in [0.15, 0.2) is 0 Å². The highest BCUT2D eigenvalue weighted by molar-refractivity contribution is 5.53. The Labute approximate surface area is 124 Å². The van der Waals surface area contributed by atoms with Crippen LogP contribution in [0.1, 0.15) is 23.6 Å². The Balaban J connectivity index is 1.60. The normalized spacial score (nSPS) is 16.7. The molecule has 0 radical (unpaired) electrons. The molecule has 0 fully saturated rings. The van der Waals surface area contributed by atoms with E-state index < -0.39 is 0 Å². The minimum Gasteiger partial charge on any atom is -0.378 e. The Morgan fingerprint density at radius 1 is 1.10 bits per heavy atom. The molecule has 2 aromatic carbocycles. The van der Waals surface area contributed by atoms with E-state index in [1.807, 2.05) is 17.1 Å². The van der Waals surface area contributed by atoms with Gasteiger partial charge in [-0.25, -0.2) is 4.98 Å². The van der Waals surface area contributed by atoms with Crippen molar-refractivity contribution in [3.63, 3.8) is 0 Å². The molecule has 0 saturated heterocycles. The van der Waals surface area contributed by atoms with Crippen LogP contribution in [0.4, 0.5) is 5.69 Å². The summed E-state index contributed by atoms with van der Waals surface area (Å²) in [5.74, 6) is 0. The number of nitrogens with zero attached hydrogens (tertiary/aromatic N) is 2. The van der Waals surface area contributed by atoms with E-state index in [1.54, 1.807) is 6.20 Å². The van der Waals surface area contributed by atoms with Gasteiger partial charge in [0.2, 0.25) is 0 Å². The predicted molar refractivity (Wildman–Crippen MR) is 84.7 cm³/mol. The summed E-state index contributed by atoms with van der Waals surface area (Å²) in [5, 5.41) is 3.67. The molecule has 3 nitrogen and oxygen atoms in total. The highest BCUT2D eigenvalue weighted by Gasteiger charge is 2.21. The number of benzene rings is 2. The van der Waals surface area contributed by atoms with Gasteiger partial charge in [-0.2, -0.15) is 0 Å². The van der Waals surface area contributed by atoms with Gasteiger partial charge in [0.1, 0.15) is 0 Å². The second-order valence-electron chi connectivity index (χ2n) is 5.45. The van der Waals surface area contributed by atoms with Gasteiger partial charge in [-0.1, -0.05) is 30.3 Å². The van der Waals surface area contributed by atoms with E-state index >= 15 is 0 Å². The van der Waals surface area contributed by atoms with E-state index in [4.69, 9.17) is 0 Å². The SMILES string of the molecule is c1cc(NC2CCc3ccccc32)cc(-n2ccnc2)c1. The predicted octanol–water partition coefficient (Wildman–Crippen LogP) is 3.97. The largest absolute Gasteiger partial charge is 0.378 e. The standard InChI is InChI=1S/C18H17N3/c1-2-7-17-14(4-1)8-9-18(17)20-15-5-3-6-16(12-15)21-11-10-19-13-21/h1-7,10-13,18,20H,8-9H2. The van der Waals surface area contributed by atoms with Gasteiger partial charge in [-0.3, -0.25) is 0 Å². The van der Waals surface area contributed by atoms with Crippen molar-refractivity contribution < 1.29 is 0 Å². The van der Waals surface area contributed by atoms with Crippen LogP contribution in [-0.4, -0.2) is 9.55 Å². The third kappa shape index (κ3) is 2.31. The summed E-state index contributed by atoms with van der Waals surface area (Å²) < 4.78 is 2.02. The van der Waals surface area contributed by atoms with Gasteiger partial charge in [-0.05, 0) is 42.2 Å². The number of nitrogens with one attached hydrogen (secondary N) is 1. The van der Waals surface area contributed by atoms with Crippen LogP contribution in [0.5, 0.6) is 0 Å². The fraction of sp³-hybridized carbons (Fsp3) is 0.167. The van der Waals surface area contributed by atoms with Gasteiger partial charge >= 0.3 is 0 Å². The van der Waals surface area contributed by atoms with Crippen LogP contribution in [0.25, 0.3) is 5.69 Å². The molecule has 1 aromatic heterocycles. The maximum Gasteiger partial charge on any atom is 0.0991 e. The van der Waals surface area contributed by atoms with Crippen LogP contribution >= 0.6 is 0 Å². The molecule has 1 N–H and O–H groups in total. The van der Waals surface area contributed by atoms with Gasteiger partial charge < -0.3 is 9.88 Å². The molecule has 0 saturated carbocycles. The second kappa shape index (κ2) is 5.09. The fourth-order valence-electron chi connectivity index (χ4n) is 3.08. The maximum absolute atomic E-state index is 4.10. The lowest BCUT2D eigenvalue weighted by Crippen LogP contribution is -2.07. The van der Waals surface area contributed by atoms with Crippen molar-refractivity contribution in [1.29, 1.82) is 0 Å². The van der Waals surface area contributed by atoms with Crippen molar-refractivity contribution >= 4 is 5.69 Å². The molecule has 1 aliphatic carbocycles. The van der Waals surface area contributed by atoms with E-state index in [0.717, 1.165) is 24.2 Å². The zero-order valence-electron chi connectivity index (χ0n) is 11.7. The van der Waals surface area contributed by atoms with Crippen molar-refractivity contribution in [2.75, 3.05) is 5.32 Å². The first-order valence-electron chi connectivity index (χ1n) is 7.33. The minimum atomic E-state index is 0.416. The Morgan fingerprint density at radius 3 is 2.95 bits per heavy atom. The molecule has 3 aromatic rings. The van der Waals surface area contributed by atoms with Crippen LogP contribution in [0, 0.1) is 0 Å². The van der Waals surface area contributed by atoms with Gasteiger partial charge in [0.25, 0.3) is 0 Å². The van der Waals surface area contributed by atoms with Gasteiger partial charge in [-0.15, -0.1) is 0 Å². The van der Waals surface area contributed by atoms with E-state index in [-0.39, 0.29) is 0 Å². The molecule has 4 rings (SSSR count). The van der Waals surface area contributed by atoms with E-state index in [2.05, 4.69) is 58.8 Å². The molecular formula is C18H17N3. The van der Waals surface area contributed by atoms with Crippen LogP contribution in [0.3, 0.4) is 0 Å². The monoisotopic (exact) mass is 275 g/mol. The maximum atomic E-state index is 4.10. The average molecular weight is 275 g/mol. The lowest BCUT2D eigenvalue weighted by atomic mass is 10.1. The Kier molecular flexibility index (Phi) is 2.96. The number of rotatable bonds is 3. The van der Waals surface area contributed by atoms with Crippen molar-refractivity contribution in [2.24, 2.45) is 0 Å². The molecule has 1 heterocycles. The lowest BCUT2D eigenvalue weighted by molar-refractivity contribution is 0.762. The topological polar surface area (TPSA) is 29.9 Å². The van der Waals surface area contributed by atoms with Gasteiger partial charge in [0.05, 0.1) is 12.4 Å². The highest BCUT2D eigenvalue weighted by Crippen LogP contribution is 2.33. The Hall–Kier alpha value is -2.55. The van der Waals surface area contributed by atoms with E-state index in [0.29, 0.717) is 6.04 Å². The first-order chi connectivity index (χ1) is 10.4. The number of hydrogen-bond donors (Lipinski definition) is 1. The number of hydrogen-bond acceptors (Lipinski definition) is 2. The molecule has 1 atom stereocenters. The first kappa shape index (κ1) is 12.2. The average Bonchev–Trinajstić information content (AvgIpc) is 3.18. The van der Waals surface area contributed by atoms with Crippen molar-refractivity contribution in [3.05, 3.63) is 78.4 Å². The molecule has 0 bridgehead atoms. The van der Waals surface area contributed by atoms with Crippen LogP contribution in [0.2, 0.25) is 0 Å². The highest BCUT2D eigenvalue weighted by atomic mass is 15.0. The molecule has 0 amide bonds. The summed E-state index contributed by atoms with van der Waals surface area (Å²) in [5.41, 5.74) is 5.19. The summed E-state index contributed by atoms with van der Waals surface area (Å²) in [7, 11) is 0. The zero-order valence-corrected chi connectivity index (χ0v) is 11.7. The summed E-state index contributed by atoms with van der Waals surface area (Å²) in [6, 6.07) is 17.6. The van der Waals surface area contributed by atoms with E-state index in [1.165, 1.54) is 11.1 Å². The quantitative estimate of drug-likeness (QED) is 0.783. The summed E-state index contributed by atoms with van der Waals surface area (Å²) in [4.78, 5) is 4.10. The van der Waals surface area contributed by atoms with Crippen molar-refractivity contribution in [2.45, 2.75) is 18.9 Å². The zero-order chi connectivity index (χ0) is 14.1. The molecular weight excluding hydrogens is 258 g/mol.